The van der Waals surface area contributed by atoms with E-state index >= 15 is 0 Å². The van der Waals surface area contributed by atoms with Crippen LogP contribution in [0.2, 0.25) is 0 Å². The highest BCUT2D eigenvalue weighted by Crippen LogP contribution is 2.38. The number of amides is 1. The molecule has 1 amide bonds. The Balaban J connectivity index is 1.31. The molecule has 0 bridgehead atoms. The zero-order valence-electron chi connectivity index (χ0n) is 25.0. The molecule has 9 heteroatoms. The third kappa shape index (κ3) is 8.59. The van der Waals surface area contributed by atoms with Gasteiger partial charge in [0.25, 0.3) is 5.91 Å². The van der Waals surface area contributed by atoms with Crippen molar-refractivity contribution < 1.29 is 14.3 Å². The number of anilines is 3. The fraction of sp³-hybridized carbons (Fsp3) is 0.441. The van der Waals surface area contributed by atoms with Crippen LogP contribution in [0.5, 0.6) is 0 Å². The number of piperidine rings is 1. The largest absolute Gasteiger partial charge is 0.384 e. The Kier molecular flexibility index (Phi) is 11.5. The van der Waals surface area contributed by atoms with Crippen molar-refractivity contribution in [2.75, 3.05) is 49.4 Å². The molecule has 2 aliphatic rings. The van der Waals surface area contributed by atoms with Crippen LogP contribution >= 0.6 is 11.9 Å². The molecule has 1 aromatic heterocycles. The molecule has 3 aromatic rings. The number of ether oxygens (including phenoxy) is 2. The summed E-state index contributed by atoms with van der Waals surface area (Å²) in [5.74, 6) is 1.82. The molecule has 8 nitrogen and oxygen atoms in total. The molecule has 0 radical (unpaired) electrons. The first kappa shape index (κ1) is 31.0. The van der Waals surface area contributed by atoms with E-state index in [4.69, 9.17) is 14.5 Å². The van der Waals surface area contributed by atoms with Crippen LogP contribution in [0.1, 0.15) is 60.1 Å². The summed E-state index contributed by atoms with van der Waals surface area (Å²) in [5, 5.41) is 12.7. The highest BCUT2D eigenvalue weighted by atomic mass is 32.2. The van der Waals surface area contributed by atoms with Crippen molar-refractivity contribution in [1.82, 2.24) is 9.71 Å². The van der Waals surface area contributed by atoms with Crippen molar-refractivity contribution >= 4 is 40.8 Å². The van der Waals surface area contributed by atoms with Gasteiger partial charge in [-0.2, -0.15) is 0 Å². The molecule has 3 N–H and O–H groups in total. The highest BCUT2D eigenvalue weighted by molar-refractivity contribution is 7.97. The topological polar surface area (TPSA) is 99.6 Å². The van der Waals surface area contributed by atoms with Crippen LogP contribution in [-0.2, 0) is 16.1 Å². The Bertz CT molecular complexity index is 1330. The maximum atomic E-state index is 13.4. The van der Waals surface area contributed by atoms with Crippen LogP contribution in [0, 0.1) is 17.2 Å². The molecule has 1 aliphatic carbocycles. The smallest absolute Gasteiger partial charge is 0.279 e. The fourth-order valence-electron chi connectivity index (χ4n) is 5.56. The molecule has 2 heterocycles. The Labute approximate surface area is 259 Å². The van der Waals surface area contributed by atoms with Crippen molar-refractivity contribution in [3.63, 3.8) is 0 Å². The van der Waals surface area contributed by atoms with Crippen LogP contribution in [0.3, 0.4) is 0 Å². The minimum atomic E-state index is -0.233. The van der Waals surface area contributed by atoms with E-state index in [1.165, 1.54) is 11.9 Å². The van der Waals surface area contributed by atoms with Crippen LogP contribution in [0.25, 0.3) is 0 Å². The quantitative estimate of drug-likeness (QED) is 0.0996. The lowest BCUT2D eigenvalue weighted by Gasteiger charge is -2.36. The number of nitrogens with one attached hydrogen (secondary N) is 3. The molecular formula is C34H43N5O3S. The maximum absolute atomic E-state index is 13.4. The van der Waals surface area contributed by atoms with E-state index in [1.807, 2.05) is 54.6 Å². The Morgan fingerprint density at radius 1 is 1.05 bits per heavy atom. The molecule has 2 fully saturated rings. The lowest BCUT2D eigenvalue weighted by Crippen LogP contribution is -2.37. The number of rotatable bonds is 15. The summed E-state index contributed by atoms with van der Waals surface area (Å²) in [6.45, 7) is 3.69. The van der Waals surface area contributed by atoms with Gasteiger partial charge in [-0.05, 0) is 61.8 Å². The van der Waals surface area contributed by atoms with Crippen molar-refractivity contribution in [2.24, 2.45) is 11.8 Å². The summed E-state index contributed by atoms with van der Waals surface area (Å²) in [5.41, 5.74) is 4.74. The van der Waals surface area contributed by atoms with Gasteiger partial charge in [0.15, 0.2) is 0 Å². The second-order valence-corrected chi connectivity index (χ2v) is 12.2. The summed E-state index contributed by atoms with van der Waals surface area (Å²) >= 11 is 1.38. The van der Waals surface area contributed by atoms with Gasteiger partial charge in [-0.1, -0.05) is 66.9 Å². The summed E-state index contributed by atoms with van der Waals surface area (Å²) in [6.07, 6.45) is 6.04. The fourth-order valence-corrected chi connectivity index (χ4v) is 6.15. The first-order valence-electron chi connectivity index (χ1n) is 15.4. The number of para-hydroxylation sites is 1. The van der Waals surface area contributed by atoms with E-state index in [-0.39, 0.29) is 11.8 Å². The molecule has 1 aliphatic heterocycles. The molecular weight excluding hydrogens is 558 g/mol. The van der Waals surface area contributed by atoms with Crippen molar-refractivity contribution in [2.45, 2.75) is 45.1 Å². The van der Waals surface area contributed by atoms with E-state index < -0.39 is 0 Å². The van der Waals surface area contributed by atoms with E-state index in [0.717, 1.165) is 86.5 Å². The maximum Gasteiger partial charge on any atom is 0.279 e. The Morgan fingerprint density at radius 2 is 1.77 bits per heavy atom. The third-order valence-corrected chi connectivity index (χ3v) is 9.04. The summed E-state index contributed by atoms with van der Waals surface area (Å²) in [7, 11) is 1.76. The van der Waals surface area contributed by atoms with Gasteiger partial charge >= 0.3 is 0 Å². The summed E-state index contributed by atoms with van der Waals surface area (Å²) in [4.78, 5) is 20.6. The molecule has 5 rings (SSSR count). The molecule has 1 saturated carbocycles. The molecule has 1 saturated heterocycles. The molecule has 43 heavy (non-hydrogen) atoms. The van der Waals surface area contributed by atoms with Crippen molar-refractivity contribution in [1.29, 1.82) is 5.41 Å². The number of pyridine rings is 1. The first-order chi connectivity index (χ1) is 21.1. The van der Waals surface area contributed by atoms with E-state index in [1.54, 1.807) is 7.11 Å². The minimum Gasteiger partial charge on any atom is -0.384 e. The van der Waals surface area contributed by atoms with Gasteiger partial charge in [-0.15, -0.1) is 0 Å². The number of carbonyl (C=O) groups excluding carboxylic acids is 1. The lowest BCUT2D eigenvalue weighted by atomic mass is 9.79. The Hall–Kier alpha value is -3.40. The van der Waals surface area contributed by atoms with Crippen LogP contribution in [0.4, 0.5) is 17.2 Å². The van der Waals surface area contributed by atoms with Crippen molar-refractivity contribution in [3.8, 4) is 0 Å². The van der Waals surface area contributed by atoms with Gasteiger partial charge in [0.1, 0.15) is 11.5 Å². The first-order valence-corrected chi connectivity index (χ1v) is 16.3. The Morgan fingerprint density at radius 3 is 2.44 bits per heavy atom. The normalized spacial score (nSPS) is 15.6. The number of methoxy groups -OCH3 is 1. The molecule has 2 aromatic carbocycles. The number of hydrogen-bond donors (Lipinski definition) is 3. The third-order valence-electron chi connectivity index (χ3n) is 8.22. The second kappa shape index (κ2) is 15.9. The summed E-state index contributed by atoms with van der Waals surface area (Å²) < 4.78 is 14.2. The molecule has 0 unspecified atom stereocenters. The zero-order chi connectivity index (χ0) is 29.9. The standard InChI is InChI=1S/C34H43N5O3S/c1-41-23-26-16-18-39(19-17-26)30-22-29(34(40)38-43-21-9-20-42-24-25-10-4-2-5-11-25)37-33(36-28-14-6-3-7-15-28)31(30)32(35)27-12-8-13-27/h2-7,10-11,14-15,22,26-27,35H,8-9,12-13,16-21,23-24H2,1H3,(H,36,37)(H,38,40). The van der Waals surface area contributed by atoms with Crippen LogP contribution < -0.4 is 14.9 Å². The minimum absolute atomic E-state index is 0.224. The number of aromatic nitrogens is 1. The van der Waals surface area contributed by atoms with Gasteiger partial charge in [0.2, 0.25) is 0 Å². The van der Waals surface area contributed by atoms with Gasteiger partial charge in [-0.3, -0.25) is 9.52 Å². The van der Waals surface area contributed by atoms with Crippen LogP contribution in [-0.4, -0.2) is 55.8 Å². The predicted octanol–water partition coefficient (Wildman–Crippen LogP) is 6.84. The van der Waals surface area contributed by atoms with Gasteiger partial charge in [0, 0.05) is 56.5 Å². The monoisotopic (exact) mass is 601 g/mol. The van der Waals surface area contributed by atoms with Gasteiger partial charge in [-0.25, -0.2) is 4.98 Å². The van der Waals surface area contributed by atoms with Crippen molar-refractivity contribution in [3.05, 3.63) is 83.6 Å². The van der Waals surface area contributed by atoms with Gasteiger partial charge in [0.05, 0.1) is 17.9 Å². The van der Waals surface area contributed by atoms with E-state index in [9.17, 15) is 10.2 Å². The molecule has 228 valence electrons. The zero-order valence-corrected chi connectivity index (χ0v) is 25.8. The van der Waals surface area contributed by atoms with E-state index in [2.05, 4.69) is 27.1 Å². The number of carbonyl (C=O) groups is 1. The van der Waals surface area contributed by atoms with E-state index in [0.29, 0.717) is 36.4 Å². The summed E-state index contributed by atoms with van der Waals surface area (Å²) in [6, 6.07) is 21.9. The SMILES string of the molecule is COCC1CCN(c2cc(C(=O)NSCCCOCc3ccccc3)nc(Nc3ccccc3)c2C(=N)C2CCC2)CC1. The number of hydrogen-bond acceptors (Lipinski definition) is 8. The number of nitrogens with zero attached hydrogens (tertiary/aromatic N) is 2. The molecule has 0 atom stereocenters. The highest BCUT2D eigenvalue weighted by Gasteiger charge is 2.31. The predicted molar refractivity (Wildman–Crippen MR) is 176 cm³/mol. The average molecular weight is 602 g/mol. The second-order valence-electron chi connectivity index (χ2n) is 11.3. The lowest BCUT2D eigenvalue weighted by molar-refractivity contribution is 0.0979. The van der Waals surface area contributed by atoms with Gasteiger partial charge < -0.3 is 25.1 Å². The average Bonchev–Trinajstić information content (AvgIpc) is 3.01. The van der Waals surface area contributed by atoms with Crippen LogP contribution in [0.15, 0.2) is 66.7 Å². The molecule has 0 spiro atoms. The number of benzene rings is 2.